The van der Waals surface area contributed by atoms with Crippen molar-refractivity contribution in [3.8, 4) is 0 Å². The second-order valence-electron chi connectivity index (χ2n) is 8.30. The molecule has 31 heavy (non-hydrogen) atoms. The van der Waals surface area contributed by atoms with Gasteiger partial charge in [-0.15, -0.1) is 34.2 Å². The van der Waals surface area contributed by atoms with E-state index in [9.17, 15) is 4.79 Å². The van der Waals surface area contributed by atoms with Crippen LogP contribution in [0, 0.1) is 5.92 Å². The zero-order valence-electron chi connectivity index (χ0n) is 18.3. The number of guanidine groups is 1. The molecule has 1 saturated carbocycles. The molecule has 0 radical (unpaired) electrons. The molecule has 0 aromatic carbocycles. The van der Waals surface area contributed by atoms with Crippen molar-refractivity contribution in [1.29, 1.82) is 0 Å². The number of halogens is 1. The lowest BCUT2D eigenvalue weighted by Crippen LogP contribution is -2.45. The predicted molar refractivity (Wildman–Crippen MR) is 133 cm³/mol. The van der Waals surface area contributed by atoms with Gasteiger partial charge in [0, 0.05) is 50.8 Å². The molecule has 8 nitrogen and oxygen atoms in total. The summed E-state index contributed by atoms with van der Waals surface area (Å²) in [6, 6.07) is 6.20. The van der Waals surface area contributed by atoms with Gasteiger partial charge in [-0.25, -0.2) is 0 Å². The van der Waals surface area contributed by atoms with E-state index in [1.165, 1.54) is 12.8 Å². The summed E-state index contributed by atoms with van der Waals surface area (Å²) in [7, 11) is 0. The van der Waals surface area contributed by atoms with Crippen LogP contribution in [0.4, 0.5) is 0 Å². The summed E-state index contributed by atoms with van der Waals surface area (Å²) in [4.78, 5) is 19.4. The highest BCUT2D eigenvalue weighted by Gasteiger charge is 2.32. The molecule has 3 heterocycles. The highest BCUT2D eigenvalue weighted by Crippen LogP contribution is 2.27. The summed E-state index contributed by atoms with van der Waals surface area (Å²) < 4.78 is 2.03. The zero-order valence-corrected chi connectivity index (χ0v) is 20.6. The van der Waals surface area contributed by atoms with Crippen molar-refractivity contribution >= 4 is 41.5 Å². The highest BCUT2D eigenvalue weighted by molar-refractivity contribution is 14.0. The predicted octanol–water partition coefficient (Wildman–Crippen LogP) is 2.63. The average molecular weight is 539 g/mol. The van der Waals surface area contributed by atoms with Crippen LogP contribution in [-0.2, 0) is 11.2 Å². The van der Waals surface area contributed by atoms with Gasteiger partial charge in [0.05, 0.1) is 0 Å². The van der Waals surface area contributed by atoms with Crippen LogP contribution in [-0.4, -0.2) is 63.6 Å². The van der Waals surface area contributed by atoms with Crippen molar-refractivity contribution in [3.05, 3.63) is 30.2 Å². The van der Waals surface area contributed by atoms with Crippen molar-refractivity contribution < 1.29 is 4.79 Å². The number of hydrogen-bond donors (Lipinski definition) is 2. The summed E-state index contributed by atoms with van der Waals surface area (Å²) in [5, 5.41) is 15.3. The molecule has 1 aliphatic carbocycles. The second kappa shape index (κ2) is 11.6. The second-order valence-corrected chi connectivity index (χ2v) is 8.30. The lowest BCUT2D eigenvalue weighted by Gasteiger charge is -2.21. The van der Waals surface area contributed by atoms with Crippen molar-refractivity contribution in [2.24, 2.45) is 10.9 Å². The molecule has 2 aliphatic rings. The monoisotopic (exact) mass is 539 g/mol. The van der Waals surface area contributed by atoms with Gasteiger partial charge in [0.2, 0.25) is 5.91 Å². The van der Waals surface area contributed by atoms with Crippen LogP contribution < -0.4 is 10.6 Å². The molecule has 9 heteroatoms. The number of amides is 1. The van der Waals surface area contributed by atoms with E-state index in [0.29, 0.717) is 12.5 Å². The molecule has 2 aromatic rings. The average Bonchev–Trinajstić information content (AvgIpc) is 3.52. The van der Waals surface area contributed by atoms with Crippen LogP contribution in [0.15, 0.2) is 29.4 Å². The van der Waals surface area contributed by atoms with E-state index in [1.54, 1.807) is 0 Å². The maximum atomic E-state index is 12.7. The Morgan fingerprint density at radius 3 is 2.87 bits per heavy atom. The Kier molecular flexibility index (Phi) is 8.91. The van der Waals surface area contributed by atoms with Crippen LogP contribution in [0.3, 0.4) is 0 Å². The van der Waals surface area contributed by atoms with Crippen LogP contribution in [0.1, 0.15) is 51.3 Å². The fraction of sp³-hybridized carbons (Fsp3) is 0.636. The van der Waals surface area contributed by atoms with Gasteiger partial charge in [0.25, 0.3) is 0 Å². The van der Waals surface area contributed by atoms with E-state index >= 15 is 0 Å². The molecule has 1 atom stereocenters. The Bertz CT molecular complexity index is 878. The number of aromatic nitrogens is 3. The van der Waals surface area contributed by atoms with Gasteiger partial charge in [-0.05, 0) is 44.7 Å². The fourth-order valence-corrected chi connectivity index (χ4v) is 4.51. The van der Waals surface area contributed by atoms with Gasteiger partial charge in [0.15, 0.2) is 11.6 Å². The number of fused-ring (bicyclic) bond motifs is 1. The first-order valence-corrected chi connectivity index (χ1v) is 11.4. The van der Waals surface area contributed by atoms with E-state index in [4.69, 9.17) is 4.99 Å². The molecule has 1 aliphatic heterocycles. The number of hydrogen-bond acceptors (Lipinski definition) is 4. The SMILES string of the molecule is CCNC(=NCCCc1nnc2ccccn12)NC1CCN(C(=O)C2CCCC2)C1.I. The van der Waals surface area contributed by atoms with E-state index in [2.05, 4.69) is 27.8 Å². The summed E-state index contributed by atoms with van der Waals surface area (Å²) in [5.41, 5.74) is 0.879. The highest BCUT2D eigenvalue weighted by atomic mass is 127. The largest absolute Gasteiger partial charge is 0.357 e. The maximum absolute atomic E-state index is 12.7. The van der Waals surface area contributed by atoms with Crippen molar-refractivity contribution in [2.75, 3.05) is 26.2 Å². The van der Waals surface area contributed by atoms with E-state index < -0.39 is 0 Å². The number of rotatable bonds is 7. The van der Waals surface area contributed by atoms with Gasteiger partial charge in [0.1, 0.15) is 5.82 Å². The number of pyridine rings is 1. The summed E-state index contributed by atoms with van der Waals surface area (Å²) in [6.07, 6.45) is 9.26. The quantitative estimate of drug-likeness (QED) is 0.245. The Balaban J connectivity index is 0.00000272. The first-order valence-electron chi connectivity index (χ1n) is 11.4. The van der Waals surface area contributed by atoms with Crippen LogP contribution in [0.25, 0.3) is 5.65 Å². The number of likely N-dealkylation sites (tertiary alicyclic amines) is 1. The smallest absolute Gasteiger partial charge is 0.225 e. The van der Waals surface area contributed by atoms with Crippen LogP contribution in [0.5, 0.6) is 0 Å². The molecule has 4 rings (SSSR count). The Labute approximate surface area is 201 Å². The normalized spacial score (nSPS) is 19.6. The molecule has 1 amide bonds. The molecule has 1 saturated heterocycles. The van der Waals surface area contributed by atoms with Gasteiger partial charge in [-0.2, -0.15) is 0 Å². The molecular formula is C22H34IN7O. The third-order valence-corrected chi connectivity index (χ3v) is 6.10. The molecule has 2 fully saturated rings. The van der Waals surface area contributed by atoms with Crippen LogP contribution in [0.2, 0.25) is 0 Å². The van der Waals surface area contributed by atoms with Crippen molar-refractivity contribution in [2.45, 2.75) is 57.9 Å². The molecule has 2 aromatic heterocycles. The topological polar surface area (TPSA) is 86.9 Å². The molecule has 0 spiro atoms. The number of aryl methyl sites for hydroxylation is 1. The number of carbonyl (C=O) groups is 1. The van der Waals surface area contributed by atoms with E-state index in [-0.39, 0.29) is 35.9 Å². The number of nitrogens with zero attached hydrogens (tertiary/aromatic N) is 5. The number of carbonyl (C=O) groups excluding carboxylic acids is 1. The minimum atomic E-state index is 0. The van der Waals surface area contributed by atoms with Gasteiger partial charge in [-0.3, -0.25) is 14.2 Å². The maximum Gasteiger partial charge on any atom is 0.225 e. The van der Waals surface area contributed by atoms with Crippen molar-refractivity contribution in [1.82, 2.24) is 30.1 Å². The molecule has 0 bridgehead atoms. The van der Waals surface area contributed by atoms with Crippen molar-refractivity contribution in [3.63, 3.8) is 0 Å². The fourth-order valence-electron chi connectivity index (χ4n) is 4.51. The first-order chi connectivity index (χ1) is 14.7. The number of aliphatic imine (C=N–C) groups is 1. The van der Waals surface area contributed by atoms with E-state index in [1.807, 2.05) is 33.7 Å². The Hall–Kier alpha value is -1.91. The van der Waals surface area contributed by atoms with E-state index in [0.717, 1.165) is 69.2 Å². The molecule has 170 valence electrons. The minimum absolute atomic E-state index is 0. The van der Waals surface area contributed by atoms with Gasteiger partial charge in [-0.1, -0.05) is 18.9 Å². The first kappa shape index (κ1) is 23.7. The Morgan fingerprint density at radius 1 is 1.23 bits per heavy atom. The summed E-state index contributed by atoms with van der Waals surface area (Å²) in [6.45, 7) is 5.24. The lowest BCUT2D eigenvalue weighted by atomic mass is 10.1. The third kappa shape index (κ3) is 6.08. The summed E-state index contributed by atoms with van der Waals surface area (Å²) >= 11 is 0. The standard InChI is InChI=1S/C22H33N7O.HI/c1-2-23-22(24-13-7-11-20-27-26-19-10-5-6-14-29(19)20)25-18-12-15-28(16-18)21(30)17-8-3-4-9-17;/h5-6,10,14,17-18H,2-4,7-9,11-13,15-16H2,1H3,(H2,23,24,25);1H. The minimum Gasteiger partial charge on any atom is -0.357 e. The molecule has 1 unspecified atom stereocenters. The Morgan fingerprint density at radius 2 is 2.06 bits per heavy atom. The lowest BCUT2D eigenvalue weighted by molar-refractivity contribution is -0.134. The van der Waals surface area contributed by atoms with Gasteiger partial charge < -0.3 is 15.5 Å². The van der Waals surface area contributed by atoms with Crippen LogP contribution >= 0.6 is 24.0 Å². The zero-order chi connectivity index (χ0) is 20.8. The molecule has 2 N–H and O–H groups in total. The number of nitrogens with one attached hydrogen (secondary N) is 2. The molecular weight excluding hydrogens is 505 g/mol. The third-order valence-electron chi connectivity index (χ3n) is 6.10. The summed E-state index contributed by atoms with van der Waals surface area (Å²) in [5.74, 6) is 2.43. The van der Waals surface area contributed by atoms with Gasteiger partial charge >= 0.3 is 0 Å².